The van der Waals surface area contributed by atoms with Gasteiger partial charge in [-0.2, -0.15) is 0 Å². The van der Waals surface area contributed by atoms with Crippen LogP contribution in [0.3, 0.4) is 0 Å². The maximum atomic E-state index is 12.5. The normalized spacial score (nSPS) is 11.3. The van der Waals surface area contributed by atoms with Crippen LogP contribution < -0.4 is 10.5 Å². The van der Waals surface area contributed by atoms with E-state index < -0.39 is 0 Å². The van der Waals surface area contributed by atoms with Crippen molar-refractivity contribution in [2.24, 2.45) is 15.1 Å². The van der Waals surface area contributed by atoms with Crippen LogP contribution in [0.4, 0.5) is 5.69 Å². The van der Waals surface area contributed by atoms with Crippen molar-refractivity contribution >= 4 is 53.1 Å². The second kappa shape index (κ2) is 19.8. The number of allylic oxidation sites excluding steroid dienone is 3. The first-order valence-electron chi connectivity index (χ1n) is 17.7. The average Bonchev–Trinajstić information content (AvgIpc) is 3.23. The number of aromatic nitrogens is 4. The van der Waals surface area contributed by atoms with Gasteiger partial charge in [-0.1, -0.05) is 37.8 Å². The monoisotopic (exact) mass is 747 g/mol. The van der Waals surface area contributed by atoms with Crippen molar-refractivity contribution in [3.8, 4) is 33.6 Å². The third-order valence-electron chi connectivity index (χ3n) is 8.65. The highest BCUT2D eigenvalue weighted by Crippen LogP contribution is 2.33. The fourth-order valence-electron chi connectivity index (χ4n) is 5.68. The van der Waals surface area contributed by atoms with Gasteiger partial charge in [-0.3, -0.25) is 29.9 Å². The summed E-state index contributed by atoms with van der Waals surface area (Å²) in [6.07, 6.45) is 9.85. The summed E-state index contributed by atoms with van der Waals surface area (Å²) in [6, 6.07) is 29.2. The lowest BCUT2D eigenvalue weighted by Crippen LogP contribution is -2.31. The van der Waals surface area contributed by atoms with Crippen LogP contribution >= 0.6 is 11.9 Å². The smallest absolute Gasteiger partial charge is 0.251 e. The number of fused-ring (bicyclic) bond motifs is 1. The number of nitrogens with zero attached hydrogens (tertiary/aromatic N) is 7. The van der Waals surface area contributed by atoms with E-state index in [1.54, 1.807) is 31.7 Å². The van der Waals surface area contributed by atoms with E-state index in [1.807, 2.05) is 116 Å². The molecule has 0 atom stereocenters. The van der Waals surface area contributed by atoms with Gasteiger partial charge in [0.1, 0.15) is 0 Å². The maximum absolute atomic E-state index is 12.5. The van der Waals surface area contributed by atoms with E-state index in [9.17, 15) is 4.79 Å². The third kappa shape index (κ3) is 10.5. The van der Waals surface area contributed by atoms with Crippen molar-refractivity contribution in [1.82, 2.24) is 30.2 Å². The molecule has 55 heavy (non-hydrogen) atoms. The lowest BCUT2D eigenvalue weighted by Gasteiger charge is -2.13. The van der Waals surface area contributed by atoms with Crippen LogP contribution in [0.25, 0.3) is 50.2 Å². The number of hydrogen-bond acceptors (Lipinski definition) is 10. The molecular formula is C44H45N9OS. The van der Waals surface area contributed by atoms with Gasteiger partial charge >= 0.3 is 0 Å². The van der Waals surface area contributed by atoms with Crippen LogP contribution in [-0.2, 0) is 0 Å². The largest absolute Gasteiger partial charge is 0.351 e. The molecule has 3 N–H and O–H groups in total. The minimum Gasteiger partial charge on any atom is -0.351 e. The summed E-state index contributed by atoms with van der Waals surface area (Å²) in [5.41, 5.74) is 11.2. The standard InChI is InChI=1S/C25H31N5O.C19H14N4S/c1-7-19(13-14-26-3)18(2)24-23(27-4)12-11-22(29-24)20-9-8-10-21(17-20)25(31)28-15-16-30(5)6;20-24-15-3-1-14(2-4-15)17-5-6-18-19(23-17)16(9-12-22-18)13-7-10-21-11-8-13/h8-14,17H,2,4,7,15-16H2,1,3,5-6H3,(H,28,31);1-12H,20H2/b19-13+,26-14?;. The second-order valence-corrected chi connectivity index (χ2v) is 13.3. The fourth-order valence-corrected chi connectivity index (χ4v) is 5.97. The number of hydrogen-bond donors (Lipinski definition) is 2. The Hall–Kier alpha value is -6.14. The number of rotatable bonds is 13. The Balaban J connectivity index is 0.000000217. The minimum absolute atomic E-state index is 0.104. The molecule has 0 aliphatic rings. The number of likely N-dealkylation sites (N-methyl/N-ethyl adjacent to an activating group) is 1. The molecule has 10 nitrogen and oxygen atoms in total. The number of amides is 1. The van der Waals surface area contributed by atoms with Crippen LogP contribution in [-0.4, -0.2) is 77.9 Å². The number of benzene rings is 2. The van der Waals surface area contributed by atoms with Gasteiger partial charge in [-0.25, -0.2) is 9.97 Å². The molecule has 0 saturated carbocycles. The summed E-state index contributed by atoms with van der Waals surface area (Å²) >= 11 is 1.24. The maximum Gasteiger partial charge on any atom is 0.251 e. The topological polar surface area (TPSA) is 135 Å². The van der Waals surface area contributed by atoms with E-state index in [0.717, 1.165) is 73.7 Å². The Morgan fingerprint density at radius 1 is 0.909 bits per heavy atom. The SMILES string of the molecule is C=Nc1ccc(-c2cccc(C(=O)NCCN(C)C)c2)nc1C(=C)/C(=C/C=NC)CC.NSc1ccc(-c2ccc3nccc(-c4ccncc4)c3n2)cc1. The Bertz CT molecular complexity index is 2320. The molecule has 278 valence electrons. The number of nitrogens with two attached hydrogens (primary N) is 1. The molecule has 0 unspecified atom stereocenters. The van der Waals surface area contributed by atoms with Crippen LogP contribution in [0.1, 0.15) is 29.4 Å². The van der Waals surface area contributed by atoms with E-state index in [4.69, 9.17) is 15.1 Å². The molecule has 0 radical (unpaired) electrons. The van der Waals surface area contributed by atoms with Crippen molar-refractivity contribution < 1.29 is 4.79 Å². The van der Waals surface area contributed by atoms with Gasteiger partial charge in [0.15, 0.2) is 0 Å². The Morgan fingerprint density at radius 3 is 2.35 bits per heavy atom. The van der Waals surface area contributed by atoms with E-state index in [1.165, 1.54) is 11.9 Å². The highest BCUT2D eigenvalue weighted by atomic mass is 32.2. The van der Waals surface area contributed by atoms with E-state index >= 15 is 0 Å². The molecule has 0 fully saturated rings. The van der Waals surface area contributed by atoms with Gasteiger partial charge in [0, 0.05) is 72.1 Å². The number of aliphatic imine (C=N–C) groups is 2. The quantitative estimate of drug-likeness (QED) is 0.0681. The third-order valence-corrected chi connectivity index (χ3v) is 9.19. The van der Waals surface area contributed by atoms with Gasteiger partial charge < -0.3 is 10.2 Å². The summed E-state index contributed by atoms with van der Waals surface area (Å²) < 4.78 is 0. The van der Waals surface area contributed by atoms with Crippen molar-refractivity contribution in [1.29, 1.82) is 0 Å². The Morgan fingerprint density at radius 2 is 1.65 bits per heavy atom. The van der Waals surface area contributed by atoms with Crippen molar-refractivity contribution in [3.63, 3.8) is 0 Å². The molecule has 1 amide bonds. The summed E-state index contributed by atoms with van der Waals surface area (Å²) in [5.74, 6) is -0.104. The van der Waals surface area contributed by atoms with Crippen molar-refractivity contribution in [2.45, 2.75) is 18.2 Å². The van der Waals surface area contributed by atoms with E-state index in [2.05, 4.69) is 45.5 Å². The zero-order chi connectivity index (χ0) is 39.2. The Kier molecular flexibility index (Phi) is 14.4. The first-order chi connectivity index (χ1) is 26.8. The predicted octanol–water partition coefficient (Wildman–Crippen LogP) is 8.75. The molecule has 0 spiro atoms. The summed E-state index contributed by atoms with van der Waals surface area (Å²) in [7, 11) is 5.67. The van der Waals surface area contributed by atoms with Crippen molar-refractivity contribution in [3.05, 3.63) is 139 Å². The zero-order valence-electron chi connectivity index (χ0n) is 31.6. The molecule has 0 bridgehead atoms. The number of carbonyl (C=O) groups excluding carboxylic acids is 1. The summed E-state index contributed by atoms with van der Waals surface area (Å²) in [4.78, 5) is 41.9. The summed E-state index contributed by atoms with van der Waals surface area (Å²) in [6.45, 7) is 11.3. The Labute approximate surface area is 327 Å². The first-order valence-corrected chi connectivity index (χ1v) is 18.6. The lowest BCUT2D eigenvalue weighted by atomic mass is 9.99. The molecule has 0 aliphatic heterocycles. The zero-order valence-corrected chi connectivity index (χ0v) is 32.4. The van der Waals surface area contributed by atoms with Crippen molar-refractivity contribution in [2.75, 3.05) is 34.2 Å². The van der Waals surface area contributed by atoms with E-state index in [0.29, 0.717) is 23.5 Å². The van der Waals surface area contributed by atoms with Crippen LogP contribution in [0, 0.1) is 0 Å². The highest BCUT2D eigenvalue weighted by Gasteiger charge is 2.14. The predicted molar refractivity (Wildman–Crippen MR) is 230 cm³/mol. The number of nitrogens with one attached hydrogen (secondary N) is 1. The van der Waals surface area contributed by atoms with Gasteiger partial charge in [0.25, 0.3) is 5.91 Å². The molecule has 4 aromatic heterocycles. The van der Waals surface area contributed by atoms with Gasteiger partial charge in [-0.15, -0.1) is 0 Å². The molecule has 6 aromatic rings. The second-order valence-electron chi connectivity index (χ2n) is 12.6. The van der Waals surface area contributed by atoms with Crippen LogP contribution in [0.15, 0.2) is 143 Å². The summed E-state index contributed by atoms with van der Waals surface area (Å²) in [5, 5.41) is 8.53. The van der Waals surface area contributed by atoms with E-state index in [-0.39, 0.29) is 5.91 Å². The minimum atomic E-state index is -0.104. The van der Waals surface area contributed by atoms with Gasteiger partial charge in [-0.05, 0) is 129 Å². The molecular weight excluding hydrogens is 703 g/mol. The lowest BCUT2D eigenvalue weighted by molar-refractivity contribution is 0.0951. The number of carbonyl (C=O) groups is 1. The molecule has 0 aliphatic carbocycles. The molecule has 6 rings (SSSR count). The fraction of sp³-hybridized carbons (Fsp3) is 0.159. The van der Waals surface area contributed by atoms with Gasteiger partial charge in [0.2, 0.25) is 0 Å². The van der Waals surface area contributed by atoms with Crippen LogP contribution in [0.2, 0.25) is 0 Å². The molecule has 11 heteroatoms. The average molecular weight is 748 g/mol. The molecule has 0 saturated heterocycles. The highest BCUT2D eigenvalue weighted by molar-refractivity contribution is 7.97. The van der Waals surface area contributed by atoms with Gasteiger partial charge in [0.05, 0.1) is 33.8 Å². The first kappa shape index (κ1) is 40.1. The molecule has 4 heterocycles. The molecule has 2 aromatic carbocycles. The number of pyridine rings is 4. The van der Waals surface area contributed by atoms with Crippen LogP contribution in [0.5, 0.6) is 0 Å².